The SMILES string of the molecule is C=C(O)C[C@H]1c2cccc(F)c2N=C(N2CCN(c3cccc(OC)c3)CC2)N1c1cc(C(F)(F)F)ccc1C. The second-order valence-corrected chi connectivity index (χ2v) is 9.92. The Morgan fingerprint density at radius 1 is 1.02 bits per heavy atom. The topological polar surface area (TPSA) is 51.5 Å². The van der Waals surface area contributed by atoms with Crippen LogP contribution in [0.1, 0.15) is 29.2 Å². The van der Waals surface area contributed by atoms with Crippen LogP contribution >= 0.6 is 0 Å². The highest BCUT2D eigenvalue weighted by Crippen LogP contribution is 2.44. The fraction of sp³-hybridized carbons (Fsp3) is 0.300. The van der Waals surface area contributed by atoms with E-state index in [-0.39, 0.29) is 23.6 Å². The van der Waals surface area contributed by atoms with E-state index < -0.39 is 23.6 Å². The molecule has 0 spiro atoms. The highest BCUT2D eigenvalue weighted by atomic mass is 19.4. The molecule has 40 heavy (non-hydrogen) atoms. The Labute approximate surface area is 230 Å². The highest BCUT2D eigenvalue weighted by molar-refractivity contribution is 6.01. The van der Waals surface area contributed by atoms with Gasteiger partial charge in [-0.2, -0.15) is 13.2 Å². The summed E-state index contributed by atoms with van der Waals surface area (Å²) in [5.41, 5.74) is 1.63. The molecular formula is C30H30F4N4O2. The Morgan fingerprint density at radius 2 is 1.73 bits per heavy atom. The molecule has 2 aliphatic rings. The lowest BCUT2D eigenvalue weighted by molar-refractivity contribution is -0.137. The van der Waals surface area contributed by atoms with Crippen LogP contribution in [-0.2, 0) is 6.18 Å². The van der Waals surface area contributed by atoms with Crippen molar-refractivity contribution in [2.24, 2.45) is 4.99 Å². The number of anilines is 2. The van der Waals surface area contributed by atoms with E-state index in [1.54, 1.807) is 25.0 Å². The molecule has 5 rings (SSSR count). The Kier molecular flexibility index (Phi) is 7.35. The van der Waals surface area contributed by atoms with Crippen molar-refractivity contribution in [3.05, 3.63) is 95.5 Å². The van der Waals surface area contributed by atoms with Gasteiger partial charge in [0.2, 0.25) is 5.96 Å². The van der Waals surface area contributed by atoms with Crippen molar-refractivity contribution >= 4 is 23.0 Å². The number of hydrogen-bond acceptors (Lipinski definition) is 6. The maximum Gasteiger partial charge on any atom is 0.416 e. The molecule has 0 aromatic heterocycles. The van der Waals surface area contributed by atoms with Gasteiger partial charge in [-0.3, -0.25) is 0 Å². The van der Waals surface area contributed by atoms with Crippen molar-refractivity contribution in [1.82, 2.24) is 4.90 Å². The van der Waals surface area contributed by atoms with Gasteiger partial charge in [0, 0.05) is 55.6 Å². The first-order valence-corrected chi connectivity index (χ1v) is 12.9. The molecule has 1 atom stereocenters. The molecule has 6 nitrogen and oxygen atoms in total. The summed E-state index contributed by atoms with van der Waals surface area (Å²) in [6, 6.07) is 15.1. The third-order valence-electron chi connectivity index (χ3n) is 7.32. The van der Waals surface area contributed by atoms with E-state index in [1.807, 2.05) is 29.2 Å². The number of aliphatic imine (C=N–C) groups is 1. The third-order valence-corrected chi connectivity index (χ3v) is 7.32. The number of aryl methyl sites for hydroxylation is 1. The molecule has 0 saturated carbocycles. The number of fused-ring (bicyclic) bond motifs is 1. The zero-order valence-electron chi connectivity index (χ0n) is 22.2. The van der Waals surface area contributed by atoms with Crippen LogP contribution in [0, 0.1) is 12.7 Å². The van der Waals surface area contributed by atoms with Gasteiger partial charge >= 0.3 is 6.18 Å². The maximum absolute atomic E-state index is 15.1. The Morgan fingerprint density at radius 3 is 2.40 bits per heavy atom. The van der Waals surface area contributed by atoms with Crippen LogP contribution in [-0.4, -0.2) is 49.3 Å². The number of alkyl halides is 3. The summed E-state index contributed by atoms with van der Waals surface area (Å²) in [6.45, 7) is 7.53. The van der Waals surface area contributed by atoms with E-state index in [4.69, 9.17) is 9.73 Å². The van der Waals surface area contributed by atoms with E-state index in [1.165, 1.54) is 18.2 Å². The maximum atomic E-state index is 15.1. The molecule has 0 radical (unpaired) electrons. The van der Waals surface area contributed by atoms with Crippen LogP contribution in [0.25, 0.3) is 0 Å². The average Bonchev–Trinajstić information content (AvgIpc) is 2.93. The number of rotatable bonds is 5. The molecule has 210 valence electrons. The molecule has 3 aromatic rings. The van der Waals surface area contributed by atoms with Crippen molar-refractivity contribution in [1.29, 1.82) is 0 Å². The van der Waals surface area contributed by atoms with Crippen LogP contribution < -0.4 is 14.5 Å². The molecule has 1 saturated heterocycles. The summed E-state index contributed by atoms with van der Waals surface area (Å²) in [4.78, 5) is 10.5. The average molecular weight is 555 g/mol. The fourth-order valence-electron chi connectivity index (χ4n) is 5.29. The molecule has 10 heteroatoms. The van der Waals surface area contributed by atoms with Crippen molar-refractivity contribution in [3.8, 4) is 5.75 Å². The van der Waals surface area contributed by atoms with Gasteiger partial charge in [-0.25, -0.2) is 9.38 Å². The Hall–Kier alpha value is -4.21. The lowest BCUT2D eigenvalue weighted by Crippen LogP contribution is -2.55. The fourth-order valence-corrected chi connectivity index (χ4v) is 5.29. The minimum Gasteiger partial charge on any atom is -0.513 e. The second-order valence-electron chi connectivity index (χ2n) is 9.92. The van der Waals surface area contributed by atoms with Gasteiger partial charge in [-0.1, -0.05) is 30.8 Å². The number of ether oxygens (including phenoxy) is 1. The molecule has 1 N–H and O–H groups in total. The summed E-state index contributed by atoms with van der Waals surface area (Å²) >= 11 is 0. The molecule has 0 aliphatic carbocycles. The van der Waals surface area contributed by atoms with E-state index in [0.717, 1.165) is 23.6 Å². The second kappa shape index (κ2) is 10.7. The zero-order valence-corrected chi connectivity index (χ0v) is 22.2. The molecule has 0 amide bonds. The number of aliphatic hydroxyl groups excluding tert-OH is 1. The molecule has 0 bridgehead atoms. The number of halogens is 4. The smallest absolute Gasteiger partial charge is 0.416 e. The van der Waals surface area contributed by atoms with Gasteiger partial charge in [0.05, 0.1) is 24.5 Å². The molecule has 2 heterocycles. The number of methoxy groups -OCH3 is 1. The van der Waals surface area contributed by atoms with Gasteiger partial charge in [-0.05, 0) is 42.8 Å². The van der Waals surface area contributed by atoms with Crippen LogP contribution in [0.3, 0.4) is 0 Å². The van der Waals surface area contributed by atoms with Crippen LogP contribution in [0.4, 0.5) is 34.6 Å². The van der Waals surface area contributed by atoms with Crippen LogP contribution in [0.5, 0.6) is 5.75 Å². The van der Waals surface area contributed by atoms with Gasteiger partial charge in [0.1, 0.15) is 17.3 Å². The predicted octanol–water partition coefficient (Wildman–Crippen LogP) is 6.99. The van der Waals surface area contributed by atoms with Crippen molar-refractivity contribution in [3.63, 3.8) is 0 Å². The first-order chi connectivity index (χ1) is 19.1. The monoisotopic (exact) mass is 554 g/mol. The largest absolute Gasteiger partial charge is 0.513 e. The number of aliphatic hydroxyl groups is 1. The summed E-state index contributed by atoms with van der Waals surface area (Å²) in [5, 5.41) is 10.3. The first-order valence-electron chi connectivity index (χ1n) is 12.9. The van der Waals surface area contributed by atoms with E-state index in [0.29, 0.717) is 43.3 Å². The molecule has 3 aromatic carbocycles. The Balaban J connectivity index is 1.58. The summed E-state index contributed by atoms with van der Waals surface area (Å²) in [6.07, 6.45) is -4.58. The van der Waals surface area contributed by atoms with Crippen molar-refractivity contribution < 1.29 is 27.4 Å². The van der Waals surface area contributed by atoms with Crippen molar-refractivity contribution in [2.45, 2.75) is 25.6 Å². The lowest BCUT2D eigenvalue weighted by Gasteiger charge is -2.45. The number of para-hydroxylation sites is 1. The minimum atomic E-state index is -4.56. The molecule has 1 fully saturated rings. The molecule has 2 aliphatic heterocycles. The minimum absolute atomic E-state index is 0.0189. The van der Waals surface area contributed by atoms with E-state index in [9.17, 15) is 18.3 Å². The van der Waals surface area contributed by atoms with Gasteiger partial charge in [-0.15, -0.1) is 0 Å². The number of hydrogen-bond donors (Lipinski definition) is 1. The van der Waals surface area contributed by atoms with Gasteiger partial charge in [0.15, 0.2) is 0 Å². The highest BCUT2D eigenvalue weighted by Gasteiger charge is 2.39. The molecular weight excluding hydrogens is 524 g/mol. The van der Waals surface area contributed by atoms with Crippen molar-refractivity contribution in [2.75, 3.05) is 43.1 Å². The normalized spacial score (nSPS) is 17.4. The summed E-state index contributed by atoms with van der Waals surface area (Å²) < 4.78 is 61.9. The quantitative estimate of drug-likeness (QED) is 0.272. The number of benzene rings is 3. The summed E-state index contributed by atoms with van der Waals surface area (Å²) in [5.74, 6) is 0.358. The first kappa shape index (κ1) is 27.4. The number of nitrogens with zero attached hydrogens (tertiary/aromatic N) is 4. The Bertz CT molecular complexity index is 1450. The lowest BCUT2D eigenvalue weighted by atomic mass is 9.95. The third kappa shape index (κ3) is 5.30. The number of piperazine rings is 1. The number of guanidine groups is 1. The van der Waals surface area contributed by atoms with Gasteiger partial charge < -0.3 is 24.5 Å². The van der Waals surface area contributed by atoms with Crippen LogP contribution in [0.15, 0.2) is 78.0 Å². The van der Waals surface area contributed by atoms with E-state index >= 15 is 4.39 Å². The van der Waals surface area contributed by atoms with Gasteiger partial charge in [0.25, 0.3) is 0 Å². The zero-order chi connectivity index (χ0) is 28.6. The van der Waals surface area contributed by atoms with Crippen LogP contribution in [0.2, 0.25) is 0 Å². The summed E-state index contributed by atoms with van der Waals surface area (Å²) in [7, 11) is 1.61. The molecule has 0 unspecified atom stereocenters. The van der Waals surface area contributed by atoms with E-state index in [2.05, 4.69) is 11.5 Å². The standard InChI is InChI=1S/C30H30F4N4O2/c1-19-10-11-21(30(32,33)34)17-26(19)38-27(16-20(2)39)24-8-5-9-25(31)28(24)35-29(38)37-14-12-36(13-15-37)22-6-4-7-23(18-22)40-3/h4-11,17-18,27,39H,2,12-16H2,1,3H3/t27-/m0/s1. The predicted molar refractivity (Wildman–Crippen MR) is 148 cm³/mol.